The fraction of sp³-hybridized carbons (Fsp3) is 0.318. The summed E-state index contributed by atoms with van der Waals surface area (Å²) in [7, 11) is 1.61. The molecule has 0 bridgehead atoms. The van der Waals surface area contributed by atoms with Crippen LogP contribution in [-0.2, 0) is 4.79 Å². The lowest BCUT2D eigenvalue weighted by molar-refractivity contribution is -0.127. The Morgan fingerprint density at radius 1 is 1.23 bits per heavy atom. The molecule has 3 aromatic rings. The van der Waals surface area contributed by atoms with Crippen LogP contribution in [0.5, 0.6) is 5.75 Å². The molecule has 1 aliphatic heterocycles. The maximum atomic E-state index is 12.9. The van der Waals surface area contributed by atoms with Crippen LogP contribution in [-0.4, -0.2) is 63.7 Å². The first-order chi connectivity index (χ1) is 15.2. The maximum Gasteiger partial charge on any atom is 0.251 e. The molecule has 2 heterocycles. The highest BCUT2D eigenvalue weighted by Crippen LogP contribution is 2.31. The topological polar surface area (TPSA) is 102 Å². The number of hydrogen-bond donors (Lipinski definition) is 1. The van der Waals surface area contributed by atoms with E-state index in [9.17, 15) is 9.59 Å². The summed E-state index contributed by atoms with van der Waals surface area (Å²) in [6.45, 7) is 1.96. The van der Waals surface area contributed by atoms with Crippen molar-refractivity contribution in [3.8, 4) is 22.6 Å². The molecule has 0 spiro atoms. The highest BCUT2D eigenvalue weighted by molar-refractivity contribution is 5.96. The van der Waals surface area contributed by atoms with Crippen molar-refractivity contribution < 1.29 is 14.3 Å². The van der Waals surface area contributed by atoms with Gasteiger partial charge in [-0.05, 0) is 53.1 Å². The van der Waals surface area contributed by atoms with Crippen molar-refractivity contribution in [3.63, 3.8) is 0 Å². The van der Waals surface area contributed by atoms with Gasteiger partial charge in [0, 0.05) is 37.2 Å². The molecule has 160 valence electrons. The van der Waals surface area contributed by atoms with Gasteiger partial charge in [-0.2, -0.15) is 0 Å². The summed E-state index contributed by atoms with van der Waals surface area (Å²) >= 11 is 0. The molecule has 0 saturated carbocycles. The van der Waals surface area contributed by atoms with Gasteiger partial charge in [-0.25, -0.2) is 4.68 Å². The number of nitrogens with zero attached hydrogens (tertiary/aromatic N) is 5. The van der Waals surface area contributed by atoms with Crippen LogP contribution >= 0.6 is 0 Å². The second kappa shape index (κ2) is 9.38. The minimum Gasteiger partial charge on any atom is -0.496 e. The molecule has 9 nitrogen and oxygen atoms in total. The van der Waals surface area contributed by atoms with E-state index in [1.165, 1.54) is 11.0 Å². The SMILES string of the molecule is COc1ccccc1-c1cc(C(=O)NCCCN2CCCC2=O)cc(-n2cnnn2)c1. The number of para-hydroxylation sites is 1. The molecule has 4 rings (SSSR count). The molecule has 31 heavy (non-hydrogen) atoms. The Hall–Kier alpha value is -3.75. The molecule has 0 unspecified atom stereocenters. The van der Waals surface area contributed by atoms with Gasteiger partial charge in [0.25, 0.3) is 5.91 Å². The Morgan fingerprint density at radius 3 is 2.84 bits per heavy atom. The number of likely N-dealkylation sites (tertiary alicyclic amines) is 1. The molecule has 1 N–H and O–H groups in total. The van der Waals surface area contributed by atoms with E-state index in [-0.39, 0.29) is 11.8 Å². The van der Waals surface area contributed by atoms with Crippen LogP contribution in [0.15, 0.2) is 48.8 Å². The fourth-order valence-corrected chi connectivity index (χ4v) is 3.71. The van der Waals surface area contributed by atoms with Gasteiger partial charge in [0.05, 0.1) is 12.8 Å². The Labute approximate surface area is 180 Å². The highest BCUT2D eigenvalue weighted by atomic mass is 16.5. The Morgan fingerprint density at radius 2 is 2.10 bits per heavy atom. The van der Waals surface area contributed by atoms with Crippen LogP contribution in [0.3, 0.4) is 0 Å². The number of carbonyl (C=O) groups excluding carboxylic acids is 2. The van der Waals surface area contributed by atoms with Crippen molar-refractivity contribution in [1.29, 1.82) is 0 Å². The quantitative estimate of drug-likeness (QED) is 0.560. The summed E-state index contributed by atoms with van der Waals surface area (Å²) in [5, 5.41) is 14.3. The Kier molecular flexibility index (Phi) is 6.21. The minimum atomic E-state index is -0.196. The van der Waals surface area contributed by atoms with Crippen molar-refractivity contribution in [2.75, 3.05) is 26.7 Å². The number of nitrogens with one attached hydrogen (secondary N) is 1. The third-order valence-electron chi connectivity index (χ3n) is 5.27. The molecule has 0 atom stereocenters. The highest BCUT2D eigenvalue weighted by Gasteiger charge is 2.19. The zero-order valence-electron chi connectivity index (χ0n) is 17.3. The zero-order chi connectivity index (χ0) is 21.6. The van der Waals surface area contributed by atoms with Gasteiger partial charge >= 0.3 is 0 Å². The summed E-state index contributed by atoms with van der Waals surface area (Å²) < 4.78 is 7.00. The maximum absolute atomic E-state index is 12.9. The van der Waals surface area contributed by atoms with Crippen LogP contribution in [0.25, 0.3) is 16.8 Å². The summed E-state index contributed by atoms with van der Waals surface area (Å²) in [6.07, 6.45) is 3.74. The first kappa shape index (κ1) is 20.5. The predicted octanol–water partition coefficient (Wildman–Crippen LogP) is 2.08. The second-order valence-electron chi connectivity index (χ2n) is 7.32. The Bertz CT molecular complexity index is 1070. The monoisotopic (exact) mass is 420 g/mol. The van der Waals surface area contributed by atoms with Gasteiger partial charge in [-0.15, -0.1) is 5.10 Å². The van der Waals surface area contributed by atoms with Crippen LogP contribution in [0.2, 0.25) is 0 Å². The fourth-order valence-electron chi connectivity index (χ4n) is 3.71. The predicted molar refractivity (Wildman–Crippen MR) is 114 cm³/mol. The number of tetrazole rings is 1. The number of methoxy groups -OCH3 is 1. The molecule has 0 radical (unpaired) electrons. The number of hydrogen-bond acceptors (Lipinski definition) is 6. The van der Waals surface area contributed by atoms with E-state index in [2.05, 4.69) is 20.8 Å². The molecular formula is C22H24N6O3. The standard InChI is InChI=1S/C22H24N6O3/c1-31-20-7-3-2-6-19(20)16-12-17(14-18(13-16)28-15-24-25-26-28)22(30)23-9-5-11-27-10-4-8-21(27)29/h2-3,6-7,12-15H,4-5,8-11H2,1H3,(H,23,30). The minimum absolute atomic E-state index is 0.196. The second-order valence-corrected chi connectivity index (χ2v) is 7.32. The van der Waals surface area contributed by atoms with Gasteiger partial charge < -0.3 is 15.0 Å². The summed E-state index contributed by atoms with van der Waals surface area (Å²) in [5.74, 6) is 0.707. The largest absolute Gasteiger partial charge is 0.496 e. The van der Waals surface area contributed by atoms with Gasteiger partial charge in [-0.1, -0.05) is 18.2 Å². The molecule has 2 amide bonds. The van der Waals surface area contributed by atoms with Crippen molar-refractivity contribution >= 4 is 11.8 Å². The molecule has 0 aliphatic carbocycles. The van der Waals surface area contributed by atoms with Gasteiger partial charge in [0.15, 0.2) is 0 Å². The molecular weight excluding hydrogens is 396 g/mol. The third-order valence-corrected chi connectivity index (χ3v) is 5.27. The lowest BCUT2D eigenvalue weighted by Gasteiger charge is -2.15. The van der Waals surface area contributed by atoms with Crippen molar-refractivity contribution in [2.24, 2.45) is 0 Å². The van der Waals surface area contributed by atoms with Crippen molar-refractivity contribution in [3.05, 3.63) is 54.4 Å². The van der Waals surface area contributed by atoms with E-state index in [0.717, 1.165) is 24.1 Å². The lowest BCUT2D eigenvalue weighted by atomic mass is 10.0. The van der Waals surface area contributed by atoms with Crippen molar-refractivity contribution in [1.82, 2.24) is 30.4 Å². The summed E-state index contributed by atoms with van der Waals surface area (Å²) in [4.78, 5) is 26.4. The number of benzene rings is 2. The van der Waals surface area contributed by atoms with Crippen LogP contribution in [0.4, 0.5) is 0 Å². The van der Waals surface area contributed by atoms with Gasteiger partial charge in [-0.3, -0.25) is 9.59 Å². The van der Waals surface area contributed by atoms with E-state index in [1.54, 1.807) is 13.2 Å². The van der Waals surface area contributed by atoms with E-state index >= 15 is 0 Å². The number of ether oxygens (including phenoxy) is 1. The molecule has 1 aliphatic rings. The smallest absolute Gasteiger partial charge is 0.251 e. The first-order valence-electron chi connectivity index (χ1n) is 10.2. The number of rotatable bonds is 8. The number of aromatic nitrogens is 4. The molecule has 1 fully saturated rings. The lowest BCUT2D eigenvalue weighted by Crippen LogP contribution is -2.30. The average molecular weight is 420 g/mol. The van der Waals surface area contributed by atoms with Crippen LogP contribution in [0, 0.1) is 0 Å². The summed E-state index contributed by atoms with van der Waals surface area (Å²) in [6, 6.07) is 13.1. The number of amides is 2. The van der Waals surface area contributed by atoms with Crippen molar-refractivity contribution in [2.45, 2.75) is 19.3 Å². The Balaban J connectivity index is 1.54. The van der Waals surface area contributed by atoms with E-state index in [1.807, 2.05) is 41.3 Å². The summed E-state index contributed by atoms with van der Waals surface area (Å²) in [5.41, 5.74) is 2.84. The van der Waals surface area contributed by atoms with E-state index < -0.39 is 0 Å². The molecule has 2 aromatic carbocycles. The third kappa shape index (κ3) is 4.71. The van der Waals surface area contributed by atoms with Crippen LogP contribution < -0.4 is 10.1 Å². The molecule has 1 saturated heterocycles. The average Bonchev–Trinajstić information content (AvgIpc) is 3.48. The van der Waals surface area contributed by atoms with E-state index in [4.69, 9.17) is 4.74 Å². The van der Waals surface area contributed by atoms with Crippen LogP contribution in [0.1, 0.15) is 29.6 Å². The van der Waals surface area contributed by atoms with Gasteiger partial charge in [0.1, 0.15) is 12.1 Å². The molecule has 1 aromatic heterocycles. The zero-order valence-corrected chi connectivity index (χ0v) is 17.3. The van der Waals surface area contributed by atoms with E-state index in [0.29, 0.717) is 42.9 Å². The molecule has 9 heteroatoms. The van der Waals surface area contributed by atoms with Gasteiger partial charge in [0.2, 0.25) is 5.91 Å². The normalized spacial score (nSPS) is 13.5. The first-order valence-corrected chi connectivity index (χ1v) is 10.2. The number of carbonyl (C=O) groups is 2.